The summed E-state index contributed by atoms with van der Waals surface area (Å²) in [7, 11) is 8.50. The fourth-order valence-electron chi connectivity index (χ4n) is 0. The zero-order valence-electron chi connectivity index (χ0n) is 4.45. The van der Waals surface area contributed by atoms with Crippen LogP contribution in [0.2, 0.25) is 0 Å². The van der Waals surface area contributed by atoms with E-state index in [1.54, 1.807) is 0 Å². The van der Waals surface area contributed by atoms with Crippen LogP contribution < -0.4 is 0 Å². The van der Waals surface area contributed by atoms with E-state index in [1.165, 1.54) is 0 Å². The van der Waals surface area contributed by atoms with Crippen LogP contribution in [0, 0.1) is 0 Å². The minimum absolute atomic E-state index is 0. The maximum atomic E-state index is 2.12. The van der Waals surface area contributed by atoms with Gasteiger partial charge >= 0.3 is 59.1 Å². The Morgan fingerprint density at radius 2 is 0.714 bits per heavy atom. The molecule has 0 aromatic rings. The van der Waals surface area contributed by atoms with Crippen LogP contribution in [0.5, 0.6) is 0 Å². The molecule has 0 aliphatic carbocycles. The Balaban J connectivity index is -0.0000000800. The van der Waals surface area contributed by atoms with E-state index in [4.69, 9.17) is 0 Å². The van der Waals surface area contributed by atoms with Crippen LogP contribution in [0.3, 0.4) is 0 Å². The molecule has 0 fully saturated rings. The topological polar surface area (TPSA) is 0 Å². The summed E-state index contributed by atoms with van der Waals surface area (Å²) in [6, 6.07) is 0. The van der Waals surface area contributed by atoms with Crippen molar-refractivity contribution in [3.63, 3.8) is 0 Å². The van der Waals surface area contributed by atoms with Gasteiger partial charge in [0.2, 0.25) is 0 Å². The molecule has 0 saturated heterocycles. The van der Waals surface area contributed by atoms with Crippen molar-refractivity contribution in [1.82, 2.24) is 0 Å². The van der Waals surface area contributed by atoms with Crippen molar-refractivity contribution in [3.8, 4) is 0 Å². The molecule has 1 nitrogen and oxygen atoms in total. The van der Waals surface area contributed by atoms with E-state index in [0.29, 0.717) is 0 Å². The zero-order chi connectivity index (χ0) is 4.50. The molecule has 0 spiro atoms. The van der Waals surface area contributed by atoms with Gasteiger partial charge in [-0.25, -0.2) is 0 Å². The van der Waals surface area contributed by atoms with Crippen LogP contribution >= 0.6 is 0 Å². The van der Waals surface area contributed by atoms with Gasteiger partial charge in [0.05, 0.1) is 28.2 Å². The van der Waals surface area contributed by atoms with E-state index in [-0.39, 0.29) is 59.1 Å². The van der Waals surface area contributed by atoms with E-state index < -0.39 is 0 Å². The monoisotopic (exact) mass is 122 g/mol. The summed E-state index contributed by atoms with van der Waals surface area (Å²) in [4.78, 5) is 0. The molecule has 0 saturated carbocycles. The first kappa shape index (κ1) is 16.0. The summed E-state index contributed by atoms with van der Waals surface area (Å²) >= 11 is 0. The van der Waals surface area contributed by atoms with Crippen LogP contribution in [0.1, 0.15) is 0 Å². The van der Waals surface area contributed by atoms with Crippen molar-refractivity contribution >= 4 is 59.1 Å². The van der Waals surface area contributed by atoms with Gasteiger partial charge in [0.15, 0.2) is 0 Å². The third-order valence-electron chi connectivity index (χ3n) is 0. The zero-order valence-corrected chi connectivity index (χ0v) is 4.45. The molecule has 3 heteroatoms. The van der Waals surface area contributed by atoms with Crippen LogP contribution in [0.15, 0.2) is 0 Å². The van der Waals surface area contributed by atoms with Gasteiger partial charge < -0.3 is 4.48 Å². The van der Waals surface area contributed by atoms with Gasteiger partial charge in [-0.2, -0.15) is 0 Å². The second-order valence-electron chi connectivity index (χ2n) is 2.68. The quantitative estimate of drug-likeness (QED) is 0.286. The van der Waals surface area contributed by atoms with Crippen molar-refractivity contribution in [2.45, 2.75) is 0 Å². The Morgan fingerprint density at radius 3 is 0.714 bits per heavy atom. The summed E-state index contributed by atoms with van der Waals surface area (Å²) in [5.41, 5.74) is 0. The summed E-state index contributed by atoms with van der Waals surface area (Å²) in [5, 5.41) is 0. The molecule has 0 rings (SSSR count). The van der Waals surface area contributed by atoms with Crippen molar-refractivity contribution in [2.24, 2.45) is 0 Å². The SMILES string of the molecule is C[N+](C)(C)C.[NaH].[NaH]. The molecular weight excluding hydrogens is 108 g/mol. The van der Waals surface area contributed by atoms with E-state index in [9.17, 15) is 0 Å². The van der Waals surface area contributed by atoms with Crippen LogP contribution in [0.25, 0.3) is 0 Å². The molecule has 7 heavy (non-hydrogen) atoms. The summed E-state index contributed by atoms with van der Waals surface area (Å²) in [6.45, 7) is 0. The van der Waals surface area contributed by atoms with Gasteiger partial charge in [-0.3, -0.25) is 0 Å². The van der Waals surface area contributed by atoms with Crippen LogP contribution in [0.4, 0.5) is 0 Å². The number of hydrogen-bond donors (Lipinski definition) is 0. The molecule has 0 bridgehead atoms. The molecule has 0 radical (unpaired) electrons. The minimum atomic E-state index is 0. The molecule has 0 heterocycles. The second kappa shape index (κ2) is 6.09. The van der Waals surface area contributed by atoms with Crippen molar-refractivity contribution in [2.75, 3.05) is 28.2 Å². The Morgan fingerprint density at radius 1 is 0.714 bits per heavy atom. The summed E-state index contributed by atoms with van der Waals surface area (Å²) < 4.78 is 1.00. The first-order chi connectivity index (χ1) is 2.00. The third-order valence-corrected chi connectivity index (χ3v) is 0. The van der Waals surface area contributed by atoms with Crippen LogP contribution in [-0.4, -0.2) is 91.8 Å². The van der Waals surface area contributed by atoms with Crippen LogP contribution in [-0.2, 0) is 0 Å². The number of nitrogens with zero attached hydrogens (tertiary/aromatic N) is 1. The van der Waals surface area contributed by atoms with Crippen molar-refractivity contribution < 1.29 is 4.48 Å². The van der Waals surface area contributed by atoms with E-state index in [2.05, 4.69) is 28.2 Å². The van der Waals surface area contributed by atoms with Crippen molar-refractivity contribution in [1.29, 1.82) is 0 Å². The molecule has 0 amide bonds. The first-order valence-electron chi connectivity index (χ1n) is 1.79. The van der Waals surface area contributed by atoms with Gasteiger partial charge in [0.1, 0.15) is 0 Å². The van der Waals surface area contributed by atoms with E-state index >= 15 is 0 Å². The summed E-state index contributed by atoms with van der Waals surface area (Å²) in [5.74, 6) is 0. The van der Waals surface area contributed by atoms with Crippen molar-refractivity contribution in [3.05, 3.63) is 0 Å². The molecule has 0 aliphatic rings. The first-order valence-corrected chi connectivity index (χ1v) is 1.79. The standard InChI is InChI=1S/C4H12N.2Na.2H/c1-5(2,3)4;;;;/h1-4H3;;;;/q+1;;;;. The predicted octanol–water partition coefficient (Wildman–Crippen LogP) is -0.975. The fraction of sp³-hybridized carbons (Fsp3) is 1.00. The average molecular weight is 122 g/mol. The molecule has 0 unspecified atom stereocenters. The molecule has 0 N–H and O–H groups in total. The van der Waals surface area contributed by atoms with E-state index in [0.717, 1.165) is 4.48 Å². The Kier molecular flexibility index (Phi) is 13.9. The van der Waals surface area contributed by atoms with Gasteiger partial charge in [0.25, 0.3) is 0 Å². The molecule has 0 aliphatic heterocycles. The normalized spacial score (nSPS) is 8.57. The number of hydrogen-bond acceptors (Lipinski definition) is 0. The predicted molar refractivity (Wildman–Crippen MR) is 38.3 cm³/mol. The Hall–Kier alpha value is 1.96. The molecule has 36 valence electrons. The fourth-order valence-corrected chi connectivity index (χ4v) is 0. The molecular formula is C4H14NNa2+. The molecule has 0 aromatic carbocycles. The average Bonchev–Trinajstić information content (AvgIpc) is 0.722. The molecule has 0 atom stereocenters. The number of rotatable bonds is 0. The summed E-state index contributed by atoms with van der Waals surface area (Å²) in [6.07, 6.45) is 0. The second-order valence-corrected chi connectivity index (χ2v) is 2.68. The van der Waals surface area contributed by atoms with Gasteiger partial charge in [-0.15, -0.1) is 0 Å². The number of quaternary nitrogens is 1. The Bertz CT molecular complexity index is 25.2. The van der Waals surface area contributed by atoms with Gasteiger partial charge in [-0.1, -0.05) is 0 Å². The van der Waals surface area contributed by atoms with E-state index in [1.807, 2.05) is 0 Å². The maximum absolute atomic E-state index is 2.12. The van der Waals surface area contributed by atoms with Gasteiger partial charge in [0, 0.05) is 0 Å². The van der Waals surface area contributed by atoms with Gasteiger partial charge in [-0.05, 0) is 0 Å². The molecule has 0 aromatic heterocycles. The third kappa shape index (κ3) is 73.6. The Labute approximate surface area is 90.6 Å².